The lowest BCUT2D eigenvalue weighted by Gasteiger charge is -2.31. The molecule has 0 unspecified atom stereocenters. The van der Waals surface area contributed by atoms with Crippen molar-refractivity contribution in [2.45, 2.75) is 6.18 Å². The normalized spacial score (nSPS) is 15.8. The molecule has 0 radical (unpaired) electrons. The lowest BCUT2D eigenvalue weighted by Crippen LogP contribution is -2.44. The Bertz CT molecular complexity index is 1410. The second-order valence-electron chi connectivity index (χ2n) is 8.40. The average Bonchev–Trinajstić information content (AvgIpc) is 3.44. The van der Waals surface area contributed by atoms with E-state index < -0.39 is 11.7 Å². The topological polar surface area (TPSA) is 68.3 Å². The first kappa shape index (κ1) is 23.8. The van der Waals surface area contributed by atoms with Crippen LogP contribution in [0.5, 0.6) is 5.88 Å². The number of aromatic hydroxyl groups is 1. The van der Waals surface area contributed by atoms with Gasteiger partial charge in [-0.2, -0.15) is 23.3 Å². The summed E-state index contributed by atoms with van der Waals surface area (Å²) in [4.78, 5) is 9.35. The highest BCUT2D eigenvalue weighted by molar-refractivity contribution is 9.10. The first-order chi connectivity index (χ1) is 16.7. The van der Waals surface area contributed by atoms with E-state index in [4.69, 9.17) is 0 Å². The Morgan fingerprint density at radius 1 is 1.14 bits per heavy atom. The van der Waals surface area contributed by atoms with Gasteiger partial charge in [-0.05, 0) is 48.5 Å². The van der Waals surface area contributed by atoms with E-state index in [1.165, 1.54) is 17.4 Å². The van der Waals surface area contributed by atoms with E-state index in [1.807, 2.05) is 18.2 Å². The highest BCUT2D eigenvalue weighted by atomic mass is 79.9. The van der Waals surface area contributed by atoms with Crippen LogP contribution in [-0.4, -0.2) is 58.4 Å². The minimum absolute atomic E-state index is 0.106. The fraction of sp³-hybridized carbons (Fsp3) is 0.250. The number of aromatic nitrogens is 3. The van der Waals surface area contributed by atoms with Crippen LogP contribution in [0.1, 0.15) is 21.6 Å². The minimum atomic E-state index is -4.44. The summed E-state index contributed by atoms with van der Waals surface area (Å²) < 4.78 is 39.8. The number of aromatic amines is 1. The van der Waals surface area contributed by atoms with Gasteiger partial charge in [0.25, 0.3) is 0 Å². The van der Waals surface area contributed by atoms with Crippen LogP contribution in [0.25, 0.3) is 22.6 Å². The molecule has 1 aliphatic rings. The Balaban J connectivity index is 1.61. The monoisotopic (exact) mass is 563 g/mol. The molecule has 182 valence electrons. The van der Waals surface area contributed by atoms with E-state index in [-0.39, 0.29) is 5.88 Å². The number of hydrogen-bond donors (Lipinski definition) is 2. The van der Waals surface area contributed by atoms with Gasteiger partial charge in [0.15, 0.2) is 5.13 Å². The summed E-state index contributed by atoms with van der Waals surface area (Å²) in [6.07, 6.45) is -0.966. The lowest BCUT2D eigenvalue weighted by molar-refractivity contribution is -0.137. The molecule has 5 rings (SSSR count). The van der Waals surface area contributed by atoms with Crippen molar-refractivity contribution in [3.05, 3.63) is 68.6 Å². The molecule has 1 fully saturated rings. The molecule has 4 aromatic rings. The molecular formula is C24H21BrF3N5OS. The third-order valence-electron chi connectivity index (χ3n) is 6.00. The van der Waals surface area contributed by atoms with Crippen LogP contribution < -0.4 is 4.90 Å². The summed E-state index contributed by atoms with van der Waals surface area (Å²) in [7, 11) is 2.07. The molecule has 2 N–H and O–H groups in total. The number of fused-ring (bicyclic) bond motifs is 1. The number of alkyl halides is 3. The predicted molar refractivity (Wildman–Crippen MR) is 136 cm³/mol. The predicted octanol–water partition coefficient (Wildman–Crippen LogP) is 5.85. The number of benzene rings is 2. The van der Waals surface area contributed by atoms with Crippen molar-refractivity contribution < 1.29 is 18.3 Å². The van der Waals surface area contributed by atoms with E-state index >= 15 is 0 Å². The van der Waals surface area contributed by atoms with Crippen molar-refractivity contribution in [2.24, 2.45) is 0 Å². The van der Waals surface area contributed by atoms with E-state index in [0.29, 0.717) is 25.6 Å². The number of nitrogens with zero attached hydrogens (tertiary/aromatic N) is 4. The molecule has 1 saturated heterocycles. The number of piperazine rings is 1. The molecule has 1 aliphatic heterocycles. The van der Waals surface area contributed by atoms with Crippen LogP contribution in [0.15, 0.2) is 47.1 Å². The highest BCUT2D eigenvalue weighted by Crippen LogP contribution is 2.41. The van der Waals surface area contributed by atoms with Crippen LogP contribution in [-0.2, 0) is 6.18 Å². The van der Waals surface area contributed by atoms with Crippen LogP contribution in [0.3, 0.4) is 0 Å². The van der Waals surface area contributed by atoms with Gasteiger partial charge >= 0.3 is 6.18 Å². The maximum Gasteiger partial charge on any atom is 0.416 e. The van der Waals surface area contributed by atoms with Crippen molar-refractivity contribution in [1.82, 2.24) is 20.1 Å². The summed E-state index contributed by atoms with van der Waals surface area (Å²) in [5.41, 5.74) is 2.11. The van der Waals surface area contributed by atoms with Crippen LogP contribution in [0, 0.1) is 0 Å². The number of nitrogens with one attached hydrogen (secondary N) is 1. The fourth-order valence-electron chi connectivity index (χ4n) is 3.98. The molecule has 0 saturated carbocycles. The average molecular weight is 564 g/mol. The van der Waals surface area contributed by atoms with Gasteiger partial charge in [-0.15, -0.1) is 0 Å². The van der Waals surface area contributed by atoms with Crippen LogP contribution in [0.4, 0.5) is 18.3 Å². The van der Waals surface area contributed by atoms with Gasteiger partial charge in [-0.1, -0.05) is 39.4 Å². The fourth-order valence-corrected chi connectivity index (χ4v) is 5.52. The molecule has 0 bridgehead atoms. The Labute approximate surface area is 211 Å². The van der Waals surface area contributed by atoms with Gasteiger partial charge in [-0.3, -0.25) is 5.10 Å². The Kier molecular flexibility index (Phi) is 6.32. The number of halogens is 4. The van der Waals surface area contributed by atoms with E-state index in [9.17, 15) is 18.3 Å². The zero-order valence-electron chi connectivity index (χ0n) is 18.6. The standard InChI is InChI=1S/C24H21BrF3N5OS/c1-32-6-8-33(9-7-32)23-30-22(34)21(35-23)18(14-3-5-20-16(10-14)13-29-31-20)11-15-2-4-17(12-19(15)25)24(26,27)28/h2-5,10-13,34H,6-9H2,1H3,(H,29,31). The zero-order chi connectivity index (χ0) is 24.7. The second-order valence-corrected chi connectivity index (χ2v) is 10.2. The van der Waals surface area contributed by atoms with Gasteiger partial charge < -0.3 is 14.9 Å². The van der Waals surface area contributed by atoms with Crippen molar-refractivity contribution in [3.8, 4) is 5.88 Å². The number of anilines is 1. The molecular weight excluding hydrogens is 543 g/mol. The molecule has 6 nitrogen and oxygen atoms in total. The SMILES string of the molecule is CN1CCN(c2nc(O)c(C(=Cc3ccc(C(F)(F)F)cc3Br)c3ccc4[nH]ncc4c3)s2)CC1. The molecule has 3 heterocycles. The summed E-state index contributed by atoms with van der Waals surface area (Å²) in [6.45, 7) is 3.39. The molecule has 2 aromatic carbocycles. The van der Waals surface area contributed by atoms with E-state index in [2.05, 4.69) is 48.0 Å². The summed E-state index contributed by atoms with van der Waals surface area (Å²) in [5.74, 6) is -0.106. The third-order valence-corrected chi connectivity index (χ3v) is 7.82. The molecule has 35 heavy (non-hydrogen) atoms. The van der Waals surface area contributed by atoms with Gasteiger partial charge in [0.1, 0.15) is 4.88 Å². The van der Waals surface area contributed by atoms with Gasteiger partial charge in [0.05, 0.1) is 17.3 Å². The zero-order valence-corrected chi connectivity index (χ0v) is 21.0. The van der Waals surface area contributed by atoms with Crippen molar-refractivity contribution in [1.29, 1.82) is 0 Å². The molecule has 0 amide bonds. The van der Waals surface area contributed by atoms with E-state index in [1.54, 1.807) is 12.3 Å². The molecule has 0 spiro atoms. The quantitative estimate of drug-likeness (QED) is 0.305. The summed E-state index contributed by atoms with van der Waals surface area (Å²) >= 11 is 4.66. The molecule has 2 aromatic heterocycles. The second kappa shape index (κ2) is 9.29. The molecule has 0 aliphatic carbocycles. The van der Waals surface area contributed by atoms with Crippen LogP contribution >= 0.6 is 27.3 Å². The first-order valence-corrected chi connectivity index (χ1v) is 12.5. The molecule has 11 heteroatoms. The van der Waals surface area contributed by atoms with Crippen molar-refractivity contribution in [2.75, 3.05) is 38.1 Å². The Hall–Kier alpha value is -2.89. The Morgan fingerprint density at radius 2 is 1.91 bits per heavy atom. The number of hydrogen-bond acceptors (Lipinski definition) is 6. The van der Waals surface area contributed by atoms with Gasteiger partial charge in [-0.25, -0.2) is 0 Å². The highest BCUT2D eigenvalue weighted by Gasteiger charge is 2.31. The first-order valence-electron chi connectivity index (χ1n) is 10.8. The van der Waals surface area contributed by atoms with E-state index in [0.717, 1.165) is 54.8 Å². The van der Waals surface area contributed by atoms with Crippen LogP contribution in [0.2, 0.25) is 0 Å². The summed E-state index contributed by atoms with van der Waals surface area (Å²) in [6, 6.07) is 9.23. The number of thiazole rings is 1. The van der Waals surface area contributed by atoms with Crippen molar-refractivity contribution >= 4 is 55.0 Å². The maximum atomic E-state index is 13.2. The summed E-state index contributed by atoms with van der Waals surface area (Å²) in [5, 5.41) is 19.4. The largest absolute Gasteiger partial charge is 0.492 e. The minimum Gasteiger partial charge on any atom is -0.492 e. The number of likely N-dealkylation sites (N-methyl/N-ethyl adjacent to an activating group) is 1. The van der Waals surface area contributed by atoms with Crippen molar-refractivity contribution in [3.63, 3.8) is 0 Å². The number of H-pyrrole nitrogens is 1. The maximum absolute atomic E-state index is 13.2. The lowest BCUT2D eigenvalue weighted by atomic mass is 9.99. The number of rotatable bonds is 4. The third kappa shape index (κ3) is 4.93. The molecule has 0 atom stereocenters. The van der Waals surface area contributed by atoms with Gasteiger partial charge in [0.2, 0.25) is 5.88 Å². The van der Waals surface area contributed by atoms with Gasteiger partial charge in [0, 0.05) is 41.6 Å². The smallest absolute Gasteiger partial charge is 0.416 e. The Morgan fingerprint density at radius 3 is 2.63 bits per heavy atom.